The van der Waals surface area contributed by atoms with Gasteiger partial charge in [0.25, 0.3) is 0 Å². The van der Waals surface area contributed by atoms with Crippen LogP contribution in [0.1, 0.15) is 49.4 Å². The third-order valence-corrected chi connectivity index (χ3v) is 4.64. The van der Waals surface area contributed by atoms with Gasteiger partial charge in [-0.1, -0.05) is 43.6 Å². The predicted octanol–water partition coefficient (Wildman–Crippen LogP) is 4.46. The van der Waals surface area contributed by atoms with Gasteiger partial charge in [-0.2, -0.15) is 5.10 Å². The van der Waals surface area contributed by atoms with E-state index < -0.39 is 0 Å². The standard InChI is InChI=1S/C17H22ClN3/c1-3-12(14-8-5-6-9-15(14)18)16-13(4-2)17-19-10-7-11-21(17)20-16/h5-6,8-9,12,19H,3-4,7,10-11H2,1-2H3. The van der Waals surface area contributed by atoms with Crippen molar-refractivity contribution in [3.8, 4) is 0 Å². The summed E-state index contributed by atoms with van der Waals surface area (Å²) in [5.74, 6) is 1.48. The smallest absolute Gasteiger partial charge is 0.127 e. The molecule has 0 radical (unpaired) electrons. The highest BCUT2D eigenvalue weighted by atomic mass is 35.5. The molecule has 1 aliphatic heterocycles. The first kappa shape index (κ1) is 14.5. The van der Waals surface area contributed by atoms with Gasteiger partial charge >= 0.3 is 0 Å². The first-order chi connectivity index (χ1) is 10.3. The molecule has 1 atom stereocenters. The van der Waals surface area contributed by atoms with E-state index >= 15 is 0 Å². The summed E-state index contributed by atoms with van der Waals surface area (Å²) in [6.07, 6.45) is 3.14. The lowest BCUT2D eigenvalue weighted by Crippen LogP contribution is -2.18. The minimum absolute atomic E-state index is 0.272. The first-order valence-corrected chi connectivity index (χ1v) is 8.21. The molecule has 0 spiro atoms. The van der Waals surface area contributed by atoms with E-state index in [4.69, 9.17) is 16.7 Å². The molecule has 21 heavy (non-hydrogen) atoms. The number of benzene rings is 1. The Morgan fingerprint density at radius 1 is 1.33 bits per heavy atom. The van der Waals surface area contributed by atoms with Crippen LogP contribution in [0.2, 0.25) is 5.02 Å². The molecule has 0 bridgehead atoms. The highest BCUT2D eigenvalue weighted by Gasteiger charge is 2.25. The number of aromatic nitrogens is 2. The zero-order chi connectivity index (χ0) is 14.8. The Morgan fingerprint density at radius 3 is 2.86 bits per heavy atom. The maximum Gasteiger partial charge on any atom is 0.127 e. The van der Waals surface area contributed by atoms with E-state index in [1.165, 1.54) is 22.6 Å². The zero-order valence-corrected chi connectivity index (χ0v) is 13.5. The Kier molecular flexibility index (Phi) is 4.20. The van der Waals surface area contributed by atoms with E-state index in [0.717, 1.165) is 37.4 Å². The fourth-order valence-corrected chi connectivity index (χ4v) is 3.53. The van der Waals surface area contributed by atoms with Gasteiger partial charge in [-0.25, -0.2) is 4.68 Å². The first-order valence-electron chi connectivity index (χ1n) is 7.84. The van der Waals surface area contributed by atoms with Gasteiger partial charge in [0, 0.05) is 29.6 Å². The third kappa shape index (κ3) is 2.55. The van der Waals surface area contributed by atoms with Crippen LogP contribution in [-0.4, -0.2) is 16.3 Å². The van der Waals surface area contributed by atoms with Gasteiger partial charge in [0.15, 0.2) is 0 Å². The summed E-state index contributed by atoms with van der Waals surface area (Å²) in [5, 5.41) is 9.26. The van der Waals surface area contributed by atoms with Gasteiger partial charge < -0.3 is 5.32 Å². The number of fused-ring (bicyclic) bond motifs is 1. The van der Waals surface area contributed by atoms with E-state index in [1.54, 1.807) is 0 Å². The molecule has 1 unspecified atom stereocenters. The minimum Gasteiger partial charge on any atom is -0.370 e. The summed E-state index contributed by atoms with van der Waals surface area (Å²) in [7, 11) is 0. The topological polar surface area (TPSA) is 29.9 Å². The molecule has 112 valence electrons. The molecule has 1 N–H and O–H groups in total. The van der Waals surface area contributed by atoms with Crippen molar-refractivity contribution in [1.82, 2.24) is 9.78 Å². The Morgan fingerprint density at radius 2 is 2.14 bits per heavy atom. The average molecular weight is 304 g/mol. The van der Waals surface area contributed by atoms with E-state index in [2.05, 4.69) is 36.0 Å². The van der Waals surface area contributed by atoms with Crippen molar-refractivity contribution in [3.05, 3.63) is 46.1 Å². The summed E-state index contributed by atoms with van der Waals surface area (Å²) >= 11 is 6.42. The summed E-state index contributed by atoms with van der Waals surface area (Å²) < 4.78 is 2.14. The van der Waals surface area contributed by atoms with Crippen LogP contribution in [0.4, 0.5) is 5.82 Å². The van der Waals surface area contributed by atoms with Crippen LogP contribution in [0.3, 0.4) is 0 Å². The molecule has 0 amide bonds. The number of rotatable bonds is 4. The van der Waals surface area contributed by atoms with E-state index in [9.17, 15) is 0 Å². The summed E-state index contributed by atoms with van der Waals surface area (Å²) in [6, 6.07) is 8.14. The van der Waals surface area contributed by atoms with Crippen molar-refractivity contribution in [2.45, 2.75) is 45.6 Å². The summed E-state index contributed by atoms with van der Waals surface area (Å²) in [6.45, 7) is 6.46. The van der Waals surface area contributed by atoms with Crippen LogP contribution in [0.15, 0.2) is 24.3 Å². The predicted molar refractivity (Wildman–Crippen MR) is 88.3 cm³/mol. The molecule has 4 heteroatoms. The second-order valence-corrected chi connectivity index (χ2v) is 5.96. The van der Waals surface area contributed by atoms with Crippen molar-refractivity contribution in [2.24, 2.45) is 0 Å². The molecule has 3 rings (SSSR count). The second-order valence-electron chi connectivity index (χ2n) is 5.55. The highest BCUT2D eigenvalue weighted by Crippen LogP contribution is 2.37. The SMILES string of the molecule is CCc1c(C(CC)c2ccccc2Cl)nn2c1NCCC2. The van der Waals surface area contributed by atoms with Gasteiger partial charge in [0.05, 0.1) is 5.69 Å². The van der Waals surface area contributed by atoms with Crippen LogP contribution in [0.25, 0.3) is 0 Å². The molecular weight excluding hydrogens is 282 g/mol. The lowest BCUT2D eigenvalue weighted by molar-refractivity contribution is 0.555. The third-order valence-electron chi connectivity index (χ3n) is 4.29. The van der Waals surface area contributed by atoms with Crippen LogP contribution < -0.4 is 5.32 Å². The number of nitrogens with zero attached hydrogens (tertiary/aromatic N) is 2. The molecule has 1 aromatic heterocycles. The number of hydrogen-bond donors (Lipinski definition) is 1. The van der Waals surface area contributed by atoms with Crippen molar-refractivity contribution in [3.63, 3.8) is 0 Å². The molecule has 1 aromatic carbocycles. The van der Waals surface area contributed by atoms with Crippen LogP contribution in [0.5, 0.6) is 0 Å². The van der Waals surface area contributed by atoms with Gasteiger partial charge in [0.1, 0.15) is 5.82 Å². The number of nitrogens with one attached hydrogen (secondary N) is 1. The lowest BCUT2D eigenvalue weighted by Gasteiger charge is -2.17. The summed E-state index contributed by atoms with van der Waals surface area (Å²) in [5.41, 5.74) is 3.73. The number of anilines is 1. The molecule has 0 fully saturated rings. The van der Waals surface area contributed by atoms with Crippen LogP contribution in [-0.2, 0) is 13.0 Å². The molecule has 0 aliphatic carbocycles. The molecule has 0 saturated heterocycles. The number of halogens is 1. The monoisotopic (exact) mass is 303 g/mol. The van der Waals surface area contributed by atoms with Gasteiger partial charge in [-0.15, -0.1) is 0 Å². The zero-order valence-electron chi connectivity index (χ0n) is 12.7. The Balaban J connectivity index is 2.09. The van der Waals surface area contributed by atoms with Crippen molar-refractivity contribution < 1.29 is 0 Å². The fraction of sp³-hybridized carbons (Fsp3) is 0.471. The largest absolute Gasteiger partial charge is 0.370 e. The van der Waals surface area contributed by atoms with Crippen molar-refractivity contribution >= 4 is 17.4 Å². The fourth-order valence-electron chi connectivity index (χ4n) is 3.26. The maximum atomic E-state index is 6.42. The molecule has 2 heterocycles. The molecule has 3 nitrogen and oxygen atoms in total. The number of hydrogen-bond acceptors (Lipinski definition) is 2. The van der Waals surface area contributed by atoms with Gasteiger partial charge in [-0.3, -0.25) is 0 Å². The average Bonchev–Trinajstić information content (AvgIpc) is 2.88. The Hall–Kier alpha value is -1.48. The molecule has 1 aliphatic rings. The highest BCUT2D eigenvalue weighted by molar-refractivity contribution is 6.31. The molecule has 0 saturated carbocycles. The maximum absolute atomic E-state index is 6.42. The van der Waals surface area contributed by atoms with E-state index in [0.29, 0.717) is 0 Å². The van der Waals surface area contributed by atoms with E-state index in [1.807, 2.05) is 12.1 Å². The van der Waals surface area contributed by atoms with Gasteiger partial charge in [-0.05, 0) is 30.9 Å². The normalized spacial score (nSPS) is 15.4. The minimum atomic E-state index is 0.272. The number of aryl methyl sites for hydroxylation is 1. The second kappa shape index (κ2) is 6.10. The van der Waals surface area contributed by atoms with Crippen LogP contribution in [0, 0.1) is 0 Å². The van der Waals surface area contributed by atoms with Crippen molar-refractivity contribution in [1.29, 1.82) is 0 Å². The van der Waals surface area contributed by atoms with Crippen molar-refractivity contribution in [2.75, 3.05) is 11.9 Å². The van der Waals surface area contributed by atoms with E-state index in [-0.39, 0.29) is 5.92 Å². The molecular formula is C17H22ClN3. The Bertz CT molecular complexity index is 633. The Labute approximate surface area is 131 Å². The molecule has 2 aromatic rings. The van der Waals surface area contributed by atoms with Gasteiger partial charge in [0.2, 0.25) is 0 Å². The lowest BCUT2D eigenvalue weighted by atomic mass is 9.90. The van der Waals surface area contributed by atoms with Crippen LogP contribution >= 0.6 is 11.6 Å². The summed E-state index contributed by atoms with van der Waals surface area (Å²) in [4.78, 5) is 0. The quantitative estimate of drug-likeness (QED) is 0.904.